The smallest absolute Gasteiger partial charge is 0.262 e. The number of alkyl halides is 1. The van der Waals surface area contributed by atoms with E-state index < -0.39 is 0 Å². The Morgan fingerprint density at radius 2 is 2.12 bits per heavy atom. The summed E-state index contributed by atoms with van der Waals surface area (Å²) >= 11 is 11.9. The number of anilines is 2. The average Bonchev–Trinajstić information content (AvgIpc) is 3.13. The van der Waals surface area contributed by atoms with E-state index >= 15 is 0 Å². The zero-order valence-corrected chi connectivity index (χ0v) is 15.0. The summed E-state index contributed by atoms with van der Waals surface area (Å²) in [5.41, 5.74) is 1.29. The third kappa shape index (κ3) is 3.27. The number of hydrogen-bond acceptors (Lipinski definition) is 7. The molecule has 0 atom stereocenters. The van der Waals surface area contributed by atoms with Gasteiger partial charge in [-0.15, -0.1) is 11.6 Å². The fourth-order valence-electron chi connectivity index (χ4n) is 2.54. The number of hydrogen-bond donors (Lipinski definition) is 1. The fraction of sp³-hybridized carbons (Fsp3) is 0.235. The van der Waals surface area contributed by atoms with Gasteiger partial charge in [0.05, 0.1) is 23.3 Å². The van der Waals surface area contributed by atoms with Crippen molar-refractivity contribution in [1.29, 1.82) is 0 Å². The molecule has 3 aromatic rings. The third-order valence-corrected chi connectivity index (χ3v) is 4.31. The summed E-state index contributed by atoms with van der Waals surface area (Å²) in [4.78, 5) is 12.7. The van der Waals surface area contributed by atoms with Crippen molar-refractivity contribution < 1.29 is 14.2 Å². The average molecular weight is 393 g/mol. The molecule has 4 rings (SSSR count). The van der Waals surface area contributed by atoms with Gasteiger partial charge in [-0.1, -0.05) is 11.6 Å². The minimum Gasteiger partial charge on any atom is -0.493 e. The topological polar surface area (TPSA) is 78.4 Å². The van der Waals surface area contributed by atoms with Crippen molar-refractivity contribution in [2.75, 3.05) is 24.6 Å². The molecule has 0 bridgehead atoms. The maximum absolute atomic E-state index is 6.27. The lowest BCUT2D eigenvalue weighted by Gasteiger charge is -2.12. The number of ether oxygens (including phenoxy) is 3. The van der Waals surface area contributed by atoms with Crippen LogP contribution in [-0.2, 0) is 0 Å². The van der Waals surface area contributed by atoms with Crippen LogP contribution in [0.5, 0.6) is 17.4 Å². The number of fused-ring (bicyclic) bond motifs is 2. The molecule has 0 spiro atoms. The molecule has 0 unspecified atom stereocenters. The Hall–Kier alpha value is -2.51. The van der Waals surface area contributed by atoms with Gasteiger partial charge in [0, 0.05) is 17.3 Å². The molecule has 1 aliphatic heterocycles. The highest BCUT2D eigenvalue weighted by Gasteiger charge is 2.23. The van der Waals surface area contributed by atoms with Gasteiger partial charge < -0.3 is 19.5 Å². The van der Waals surface area contributed by atoms with Gasteiger partial charge in [-0.25, -0.2) is 15.0 Å². The van der Waals surface area contributed by atoms with Crippen LogP contribution in [0.15, 0.2) is 30.7 Å². The highest BCUT2D eigenvalue weighted by atomic mass is 35.5. The Morgan fingerprint density at radius 3 is 3.00 bits per heavy atom. The van der Waals surface area contributed by atoms with Crippen LogP contribution in [0.2, 0.25) is 5.02 Å². The Morgan fingerprint density at radius 1 is 1.19 bits per heavy atom. The molecule has 1 aliphatic rings. The van der Waals surface area contributed by atoms with E-state index in [2.05, 4.69) is 20.3 Å². The minimum absolute atomic E-state index is 0.102. The maximum Gasteiger partial charge on any atom is 0.262 e. The molecule has 0 saturated carbocycles. The lowest BCUT2D eigenvalue weighted by Crippen LogP contribution is -2.00. The molecule has 1 N–H and O–H groups in total. The summed E-state index contributed by atoms with van der Waals surface area (Å²) in [7, 11) is 0. The molecule has 0 aliphatic carbocycles. The zero-order valence-electron chi connectivity index (χ0n) is 13.5. The summed E-state index contributed by atoms with van der Waals surface area (Å²) in [6.45, 7) is 0.659. The largest absolute Gasteiger partial charge is 0.493 e. The maximum atomic E-state index is 6.27. The van der Waals surface area contributed by atoms with Gasteiger partial charge >= 0.3 is 0 Å². The number of nitrogens with zero attached hydrogens (tertiary/aromatic N) is 3. The Kier molecular flexibility index (Phi) is 4.81. The second kappa shape index (κ2) is 7.39. The van der Waals surface area contributed by atoms with E-state index in [4.69, 9.17) is 37.4 Å². The molecule has 9 heteroatoms. The Bertz CT molecular complexity index is 955. The van der Waals surface area contributed by atoms with Crippen molar-refractivity contribution in [2.45, 2.75) is 6.42 Å². The highest BCUT2D eigenvalue weighted by molar-refractivity contribution is 6.33. The summed E-state index contributed by atoms with van der Waals surface area (Å²) in [5.74, 6) is 2.74. The standard InChI is InChI=1S/C17H14Cl2N4O3/c18-4-1-5-24-10-2-3-11-13(6-10)21-8-22-16(11)23-14-12(19)7-20-17-15(14)25-9-26-17/h2-3,6-8H,1,4-5,9H2,(H,20,21,22,23). The van der Waals surface area contributed by atoms with Crippen LogP contribution in [0.4, 0.5) is 11.5 Å². The van der Waals surface area contributed by atoms with Gasteiger partial charge in [-0.2, -0.15) is 0 Å². The first kappa shape index (κ1) is 16.9. The van der Waals surface area contributed by atoms with Crippen LogP contribution in [0, 0.1) is 0 Å². The molecular formula is C17H14Cl2N4O3. The quantitative estimate of drug-likeness (QED) is 0.498. The van der Waals surface area contributed by atoms with Gasteiger partial charge in [-0.05, 0) is 18.6 Å². The number of benzene rings is 1. The van der Waals surface area contributed by atoms with Gasteiger partial charge in [0.1, 0.15) is 23.6 Å². The van der Waals surface area contributed by atoms with Crippen molar-refractivity contribution in [1.82, 2.24) is 15.0 Å². The SMILES string of the molecule is ClCCCOc1ccc2c(Nc3c(Cl)cnc4c3OCO4)ncnc2c1. The van der Waals surface area contributed by atoms with Crippen LogP contribution in [-0.4, -0.2) is 34.2 Å². The number of halogens is 2. The third-order valence-electron chi connectivity index (χ3n) is 3.75. The van der Waals surface area contributed by atoms with E-state index in [1.807, 2.05) is 18.2 Å². The van der Waals surface area contributed by atoms with E-state index in [1.54, 1.807) is 0 Å². The molecule has 2 aromatic heterocycles. The summed E-state index contributed by atoms with van der Waals surface area (Å²) in [5, 5.41) is 4.42. The summed E-state index contributed by atoms with van der Waals surface area (Å²) < 4.78 is 16.4. The van der Waals surface area contributed by atoms with Gasteiger partial charge in [0.25, 0.3) is 5.88 Å². The normalized spacial score (nSPS) is 12.4. The Balaban J connectivity index is 1.67. The number of pyridine rings is 1. The van der Waals surface area contributed by atoms with E-state index in [0.29, 0.717) is 40.6 Å². The van der Waals surface area contributed by atoms with Gasteiger partial charge in [0.15, 0.2) is 0 Å². The summed E-state index contributed by atoms with van der Waals surface area (Å²) in [6, 6.07) is 5.61. The van der Waals surface area contributed by atoms with Crippen LogP contribution in [0.25, 0.3) is 10.9 Å². The van der Waals surface area contributed by atoms with Crippen molar-refractivity contribution in [3.05, 3.63) is 35.7 Å². The first-order valence-corrected chi connectivity index (χ1v) is 8.82. The molecular weight excluding hydrogens is 379 g/mol. The predicted octanol–water partition coefficient (Wildman–Crippen LogP) is 4.16. The van der Waals surface area contributed by atoms with Gasteiger partial charge in [0.2, 0.25) is 12.5 Å². The lowest BCUT2D eigenvalue weighted by molar-refractivity contribution is 0.171. The fourth-order valence-corrected chi connectivity index (χ4v) is 2.83. The molecule has 134 valence electrons. The lowest BCUT2D eigenvalue weighted by atomic mass is 10.2. The summed E-state index contributed by atoms with van der Waals surface area (Å²) in [6.07, 6.45) is 3.76. The molecule has 3 heterocycles. The van der Waals surface area contributed by atoms with E-state index in [1.165, 1.54) is 12.5 Å². The van der Waals surface area contributed by atoms with Crippen LogP contribution < -0.4 is 19.5 Å². The predicted molar refractivity (Wildman–Crippen MR) is 99.0 cm³/mol. The highest BCUT2D eigenvalue weighted by Crippen LogP contribution is 2.43. The monoisotopic (exact) mass is 392 g/mol. The molecule has 0 radical (unpaired) electrons. The van der Waals surface area contributed by atoms with E-state index in [9.17, 15) is 0 Å². The first-order chi connectivity index (χ1) is 12.8. The second-order valence-electron chi connectivity index (χ2n) is 5.44. The zero-order chi connectivity index (χ0) is 17.9. The number of rotatable bonds is 6. The molecule has 26 heavy (non-hydrogen) atoms. The van der Waals surface area contributed by atoms with Crippen LogP contribution in [0.3, 0.4) is 0 Å². The second-order valence-corrected chi connectivity index (χ2v) is 6.22. The van der Waals surface area contributed by atoms with Crippen molar-refractivity contribution in [2.24, 2.45) is 0 Å². The van der Waals surface area contributed by atoms with E-state index in [0.717, 1.165) is 23.1 Å². The van der Waals surface area contributed by atoms with E-state index in [-0.39, 0.29) is 6.79 Å². The minimum atomic E-state index is 0.102. The van der Waals surface area contributed by atoms with Gasteiger partial charge in [-0.3, -0.25) is 0 Å². The molecule has 0 saturated heterocycles. The molecule has 0 amide bonds. The van der Waals surface area contributed by atoms with Crippen LogP contribution >= 0.6 is 23.2 Å². The van der Waals surface area contributed by atoms with Crippen LogP contribution in [0.1, 0.15) is 6.42 Å². The number of aromatic nitrogens is 3. The molecule has 7 nitrogen and oxygen atoms in total. The first-order valence-electron chi connectivity index (χ1n) is 7.91. The number of nitrogens with one attached hydrogen (secondary N) is 1. The van der Waals surface area contributed by atoms with Crippen molar-refractivity contribution >= 4 is 45.6 Å². The molecule has 1 aromatic carbocycles. The molecule has 0 fully saturated rings. The van der Waals surface area contributed by atoms with Crippen molar-refractivity contribution in [3.8, 4) is 17.4 Å². The Labute approximate surface area is 159 Å². The van der Waals surface area contributed by atoms with Crippen molar-refractivity contribution in [3.63, 3.8) is 0 Å².